The Labute approximate surface area is 181 Å². The molecule has 6 nitrogen and oxygen atoms in total. The van der Waals surface area contributed by atoms with Crippen LogP contribution in [-0.2, 0) is 4.79 Å². The quantitative estimate of drug-likeness (QED) is 0.631. The van der Waals surface area contributed by atoms with Gasteiger partial charge in [-0.05, 0) is 31.2 Å². The number of para-hydroxylation sites is 1. The van der Waals surface area contributed by atoms with E-state index in [1.807, 2.05) is 79.9 Å². The number of hydrazone groups is 1. The molecule has 3 aromatic carbocycles. The maximum atomic E-state index is 12.9. The molecule has 4 rings (SSSR count). The lowest BCUT2D eigenvalue weighted by Gasteiger charge is -2.15. The third-order valence-corrected chi connectivity index (χ3v) is 5.26. The normalized spacial score (nSPS) is 19.2. The fourth-order valence-electron chi connectivity index (χ4n) is 3.76. The number of ether oxygens (including phenoxy) is 1. The monoisotopic (exact) mass is 414 g/mol. The van der Waals surface area contributed by atoms with E-state index in [0.29, 0.717) is 11.3 Å². The van der Waals surface area contributed by atoms with Crippen molar-refractivity contribution in [2.75, 3.05) is 7.11 Å². The van der Waals surface area contributed by atoms with Gasteiger partial charge in [0.15, 0.2) is 6.04 Å². The molecule has 1 aliphatic rings. The predicted molar refractivity (Wildman–Crippen MR) is 118 cm³/mol. The standard InChI is InChI=1S/C25H23N3O3/c1-17-9-8-13-19(15-17)24(29)26-22-23(18-10-4-3-5-11-18)28(27-25(22)30)16-20-12-6-7-14-21(20)31-2/h3-16,22-23H,1-2H3,(H-,26,27,29,30)/p+1/b28-16-/t22-,23-/m1/s1. The Balaban J connectivity index is 1.72. The third-order valence-electron chi connectivity index (χ3n) is 5.26. The van der Waals surface area contributed by atoms with Gasteiger partial charge in [-0.1, -0.05) is 60.2 Å². The first kappa shape index (κ1) is 20.3. The summed E-state index contributed by atoms with van der Waals surface area (Å²) in [7, 11) is 1.61. The average molecular weight is 414 g/mol. The molecule has 1 heterocycles. The first-order chi connectivity index (χ1) is 15.1. The molecule has 0 spiro atoms. The van der Waals surface area contributed by atoms with Gasteiger partial charge in [-0.25, -0.2) is 0 Å². The highest BCUT2D eigenvalue weighted by atomic mass is 16.5. The molecule has 3 aromatic rings. The average Bonchev–Trinajstić information content (AvgIpc) is 3.09. The van der Waals surface area contributed by atoms with E-state index in [1.165, 1.54) is 0 Å². The molecule has 2 N–H and O–H groups in total. The van der Waals surface area contributed by atoms with Crippen LogP contribution in [0, 0.1) is 6.92 Å². The summed E-state index contributed by atoms with van der Waals surface area (Å²) in [5, 5.41) is 2.92. The second-order valence-corrected chi connectivity index (χ2v) is 7.43. The molecule has 2 amide bonds. The molecule has 0 bridgehead atoms. The molecule has 0 saturated carbocycles. The van der Waals surface area contributed by atoms with Gasteiger partial charge in [-0.15, -0.1) is 10.1 Å². The number of carbonyl (C=O) groups is 2. The highest BCUT2D eigenvalue weighted by molar-refractivity contribution is 5.98. The van der Waals surface area contributed by atoms with Crippen molar-refractivity contribution >= 4 is 18.0 Å². The molecule has 1 saturated heterocycles. The zero-order valence-corrected chi connectivity index (χ0v) is 17.4. The molecule has 1 fully saturated rings. The maximum absolute atomic E-state index is 12.9. The minimum Gasteiger partial charge on any atom is -0.496 e. The lowest BCUT2D eigenvalue weighted by molar-refractivity contribution is -0.596. The van der Waals surface area contributed by atoms with Crippen molar-refractivity contribution in [3.63, 3.8) is 0 Å². The van der Waals surface area contributed by atoms with Gasteiger partial charge in [0.2, 0.25) is 12.3 Å². The Kier molecular flexibility index (Phi) is 5.80. The van der Waals surface area contributed by atoms with Crippen LogP contribution in [0.5, 0.6) is 5.75 Å². The van der Waals surface area contributed by atoms with Crippen molar-refractivity contribution in [3.8, 4) is 5.75 Å². The molecule has 0 aliphatic carbocycles. The number of hydrogen-bond acceptors (Lipinski definition) is 3. The molecule has 0 unspecified atom stereocenters. The molecule has 31 heavy (non-hydrogen) atoms. The molecule has 6 heteroatoms. The highest BCUT2D eigenvalue weighted by Crippen LogP contribution is 2.26. The van der Waals surface area contributed by atoms with Crippen LogP contribution in [0.1, 0.15) is 33.1 Å². The number of benzene rings is 3. The molecular weight excluding hydrogens is 390 g/mol. The van der Waals surface area contributed by atoms with Crippen molar-refractivity contribution < 1.29 is 19.0 Å². The minimum absolute atomic E-state index is 0.277. The van der Waals surface area contributed by atoms with Crippen LogP contribution in [0.15, 0.2) is 78.9 Å². The van der Waals surface area contributed by atoms with Crippen LogP contribution >= 0.6 is 0 Å². The van der Waals surface area contributed by atoms with Crippen molar-refractivity contribution in [3.05, 3.63) is 101 Å². The SMILES string of the molecule is COc1ccccc1/C=[N+]1\NC(=O)[C@H](NC(=O)c2cccc(C)c2)[C@H]1c1ccccc1. The number of methoxy groups -OCH3 is 1. The third kappa shape index (κ3) is 4.33. The predicted octanol–water partition coefficient (Wildman–Crippen LogP) is 3.02. The number of nitrogens with zero attached hydrogens (tertiary/aromatic N) is 1. The van der Waals surface area contributed by atoms with Gasteiger partial charge in [0.25, 0.3) is 5.91 Å². The Morgan fingerprint density at radius 2 is 1.77 bits per heavy atom. The van der Waals surface area contributed by atoms with Gasteiger partial charge < -0.3 is 10.1 Å². The number of carbonyl (C=O) groups excluding carboxylic acids is 2. The highest BCUT2D eigenvalue weighted by Gasteiger charge is 2.47. The van der Waals surface area contributed by atoms with Gasteiger partial charge in [-0.2, -0.15) is 0 Å². The van der Waals surface area contributed by atoms with E-state index in [4.69, 9.17) is 4.74 Å². The lowest BCUT2D eigenvalue weighted by atomic mass is 9.99. The topological polar surface area (TPSA) is 70.4 Å². The first-order valence-corrected chi connectivity index (χ1v) is 10.1. The zero-order chi connectivity index (χ0) is 21.8. The summed E-state index contributed by atoms with van der Waals surface area (Å²) in [6.07, 6.45) is 1.83. The van der Waals surface area contributed by atoms with Gasteiger partial charge in [0.05, 0.1) is 12.7 Å². The molecule has 0 radical (unpaired) electrons. The van der Waals surface area contributed by atoms with E-state index in [0.717, 1.165) is 16.7 Å². The second-order valence-electron chi connectivity index (χ2n) is 7.43. The maximum Gasteiger partial charge on any atom is 0.304 e. The smallest absolute Gasteiger partial charge is 0.304 e. The molecule has 0 aromatic heterocycles. The van der Waals surface area contributed by atoms with E-state index < -0.39 is 12.1 Å². The molecule has 2 atom stereocenters. The van der Waals surface area contributed by atoms with Crippen LogP contribution < -0.4 is 15.5 Å². The number of hydrogen-bond donors (Lipinski definition) is 2. The fourth-order valence-corrected chi connectivity index (χ4v) is 3.76. The van der Waals surface area contributed by atoms with Crippen LogP contribution in [0.3, 0.4) is 0 Å². The summed E-state index contributed by atoms with van der Waals surface area (Å²) < 4.78 is 7.18. The van der Waals surface area contributed by atoms with Gasteiger partial charge in [0, 0.05) is 11.1 Å². The molecular formula is C25H24N3O3+. The second kappa shape index (κ2) is 8.83. The van der Waals surface area contributed by atoms with Crippen molar-refractivity contribution in [1.29, 1.82) is 0 Å². The van der Waals surface area contributed by atoms with E-state index in [9.17, 15) is 9.59 Å². The number of aryl methyl sites for hydroxylation is 1. The summed E-state index contributed by atoms with van der Waals surface area (Å²) in [6.45, 7) is 1.93. The number of hydrazine groups is 1. The van der Waals surface area contributed by atoms with E-state index in [2.05, 4.69) is 10.7 Å². The Morgan fingerprint density at radius 3 is 2.52 bits per heavy atom. The minimum atomic E-state index is -0.763. The fraction of sp³-hybridized carbons (Fsp3) is 0.160. The van der Waals surface area contributed by atoms with E-state index in [-0.39, 0.29) is 11.8 Å². The van der Waals surface area contributed by atoms with E-state index >= 15 is 0 Å². The van der Waals surface area contributed by atoms with Crippen LogP contribution in [0.4, 0.5) is 0 Å². The van der Waals surface area contributed by atoms with Crippen LogP contribution in [0.25, 0.3) is 0 Å². The number of rotatable bonds is 5. The van der Waals surface area contributed by atoms with Crippen molar-refractivity contribution in [2.24, 2.45) is 0 Å². The summed E-state index contributed by atoms with van der Waals surface area (Å²) >= 11 is 0. The summed E-state index contributed by atoms with van der Waals surface area (Å²) in [4.78, 5) is 25.8. The van der Waals surface area contributed by atoms with Crippen LogP contribution in [0.2, 0.25) is 0 Å². The van der Waals surface area contributed by atoms with Crippen molar-refractivity contribution in [2.45, 2.75) is 19.0 Å². The van der Waals surface area contributed by atoms with Gasteiger partial charge in [-0.3, -0.25) is 9.59 Å². The zero-order valence-electron chi connectivity index (χ0n) is 17.4. The van der Waals surface area contributed by atoms with Crippen molar-refractivity contribution in [1.82, 2.24) is 10.7 Å². The Bertz CT molecular complexity index is 1140. The molecule has 156 valence electrons. The Hall–Kier alpha value is -3.93. The van der Waals surface area contributed by atoms with Crippen LogP contribution in [-0.4, -0.2) is 35.9 Å². The summed E-state index contributed by atoms with van der Waals surface area (Å²) in [6, 6.07) is 23.3. The number of amides is 2. The molecule has 1 aliphatic heterocycles. The largest absolute Gasteiger partial charge is 0.496 e. The summed E-state index contributed by atoms with van der Waals surface area (Å²) in [5.41, 5.74) is 6.11. The summed E-state index contributed by atoms with van der Waals surface area (Å²) in [5.74, 6) is 0.126. The van der Waals surface area contributed by atoms with Gasteiger partial charge in [0.1, 0.15) is 5.75 Å². The van der Waals surface area contributed by atoms with Gasteiger partial charge >= 0.3 is 5.91 Å². The lowest BCUT2D eigenvalue weighted by Crippen LogP contribution is -2.42. The first-order valence-electron chi connectivity index (χ1n) is 10.1. The van der Waals surface area contributed by atoms with E-state index in [1.54, 1.807) is 23.9 Å². The number of nitrogens with one attached hydrogen (secondary N) is 2. The Morgan fingerprint density at radius 1 is 1.03 bits per heavy atom.